The fraction of sp³-hybridized carbons (Fsp3) is 0.222. The van der Waals surface area contributed by atoms with Crippen LogP contribution in [0.25, 0.3) is 10.2 Å². The number of benzene rings is 2. The number of ether oxygens (including phenoxy) is 1. The fourth-order valence-electron chi connectivity index (χ4n) is 2.31. The van der Waals surface area contributed by atoms with Gasteiger partial charge in [0.15, 0.2) is 5.13 Å². The van der Waals surface area contributed by atoms with Crippen LogP contribution in [0.4, 0.5) is 5.13 Å². The summed E-state index contributed by atoms with van der Waals surface area (Å²) < 4.78 is 6.59. The van der Waals surface area contributed by atoms with Crippen LogP contribution in [0.1, 0.15) is 24.2 Å². The van der Waals surface area contributed by atoms with E-state index in [0.29, 0.717) is 17.3 Å². The molecule has 2 aromatic carbocycles. The van der Waals surface area contributed by atoms with Gasteiger partial charge in [-0.05, 0) is 43.0 Å². The molecule has 0 aliphatic rings. The van der Waals surface area contributed by atoms with E-state index in [2.05, 4.69) is 17.2 Å². The third-order valence-corrected chi connectivity index (χ3v) is 5.12. The maximum atomic E-state index is 12.5. The molecule has 0 radical (unpaired) electrons. The quantitative estimate of drug-likeness (QED) is 0.626. The number of nitrogens with zero attached hydrogens (tertiary/aromatic N) is 1. The van der Waals surface area contributed by atoms with Gasteiger partial charge in [0, 0.05) is 10.5 Å². The minimum absolute atomic E-state index is 0.148. The molecule has 0 fully saturated rings. The Morgan fingerprint density at radius 3 is 2.88 bits per heavy atom. The van der Waals surface area contributed by atoms with Gasteiger partial charge in [-0.3, -0.25) is 10.1 Å². The summed E-state index contributed by atoms with van der Waals surface area (Å²) >= 11 is 3.16. The first-order valence-electron chi connectivity index (χ1n) is 7.77. The lowest BCUT2D eigenvalue weighted by molar-refractivity contribution is 0.102. The lowest BCUT2D eigenvalue weighted by Gasteiger charge is -2.04. The van der Waals surface area contributed by atoms with Gasteiger partial charge in [-0.25, -0.2) is 4.98 Å². The van der Waals surface area contributed by atoms with Crippen LogP contribution in [-0.4, -0.2) is 23.3 Å². The maximum absolute atomic E-state index is 12.5. The molecule has 1 heterocycles. The Kier molecular flexibility index (Phi) is 5.37. The number of fused-ring (bicyclic) bond motifs is 1. The Bertz CT molecular complexity index is 861. The number of carbonyl (C=O) groups excluding carboxylic acids is 1. The van der Waals surface area contributed by atoms with Gasteiger partial charge in [-0.1, -0.05) is 30.4 Å². The first kappa shape index (κ1) is 16.8. The van der Waals surface area contributed by atoms with Gasteiger partial charge in [0.1, 0.15) is 11.3 Å². The largest absolute Gasteiger partial charge is 0.492 e. The average Bonchev–Trinajstić information content (AvgIpc) is 2.99. The van der Waals surface area contributed by atoms with Gasteiger partial charge in [0.25, 0.3) is 5.91 Å². The third kappa shape index (κ3) is 3.71. The first-order chi connectivity index (χ1) is 11.7. The minimum Gasteiger partial charge on any atom is -0.492 e. The van der Waals surface area contributed by atoms with Crippen LogP contribution in [0, 0.1) is 0 Å². The number of nitrogens with one attached hydrogen (secondary N) is 1. The number of hydrogen-bond acceptors (Lipinski definition) is 5. The van der Waals surface area contributed by atoms with E-state index >= 15 is 0 Å². The van der Waals surface area contributed by atoms with Crippen LogP contribution in [0.3, 0.4) is 0 Å². The summed E-state index contributed by atoms with van der Waals surface area (Å²) in [6.07, 6.45) is 0. The predicted octanol–water partition coefficient (Wildman–Crippen LogP) is 5.06. The Hall–Kier alpha value is -2.05. The van der Waals surface area contributed by atoms with Crippen LogP contribution in [0.15, 0.2) is 47.4 Å². The number of anilines is 1. The second-order valence-corrected chi connectivity index (χ2v) is 7.34. The summed E-state index contributed by atoms with van der Waals surface area (Å²) in [7, 11) is 0. The number of carbonyl (C=O) groups is 1. The maximum Gasteiger partial charge on any atom is 0.257 e. The molecule has 0 aliphatic heterocycles. The van der Waals surface area contributed by atoms with Crippen molar-refractivity contribution in [1.82, 2.24) is 4.98 Å². The molecular formula is C18H18N2O2S2. The van der Waals surface area contributed by atoms with Gasteiger partial charge >= 0.3 is 0 Å². The zero-order valence-electron chi connectivity index (χ0n) is 13.5. The van der Waals surface area contributed by atoms with Crippen LogP contribution in [0.5, 0.6) is 5.75 Å². The van der Waals surface area contributed by atoms with E-state index < -0.39 is 0 Å². The second kappa shape index (κ2) is 7.68. The summed E-state index contributed by atoms with van der Waals surface area (Å²) in [6, 6.07) is 13.4. The standard InChI is InChI=1S/C18H18N2O2S2/c1-3-22-14-9-6-10-15-16(14)19-18(24-15)20-17(21)12-7-5-8-13(11-12)23-4-2/h5-11H,3-4H2,1-2H3,(H,19,20,21). The number of thiazole rings is 1. The van der Waals surface area contributed by atoms with Crippen molar-refractivity contribution in [3.8, 4) is 5.75 Å². The van der Waals surface area contributed by atoms with Crippen LogP contribution >= 0.6 is 23.1 Å². The van der Waals surface area contributed by atoms with Crippen molar-refractivity contribution in [3.05, 3.63) is 48.0 Å². The molecule has 1 N–H and O–H groups in total. The highest BCUT2D eigenvalue weighted by Gasteiger charge is 2.12. The Morgan fingerprint density at radius 1 is 1.25 bits per heavy atom. The molecule has 1 aromatic heterocycles. The molecule has 3 rings (SSSR count). The Balaban J connectivity index is 1.83. The van der Waals surface area contributed by atoms with E-state index in [1.807, 2.05) is 49.4 Å². The zero-order chi connectivity index (χ0) is 16.9. The molecular weight excluding hydrogens is 340 g/mol. The molecule has 0 aliphatic carbocycles. The lowest BCUT2D eigenvalue weighted by Crippen LogP contribution is -2.11. The molecule has 4 nitrogen and oxygen atoms in total. The van der Waals surface area contributed by atoms with Gasteiger partial charge in [-0.15, -0.1) is 11.8 Å². The van der Waals surface area contributed by atoms with E-state index in [9.17, 15) is 4.79 Å². The summed E-state index contributed by atoms with van der Waals surface area (Å²) in [6.45, 7) is 4.61. The zero-order valence-corrected chi connectivity index (χ0v) is 15.2. The molecule has 0 atom stereocenters. The van der Waals surface area contributed by atoms with Crippen molar-refractivity contribution >= 4 is 44.4 Å². The summed E-state index contributed by atoms with van der Waals surface area (Å²) in [5.74, 6) is 1.57. The van der Waals surface area contributed by atoms with Gasteiger partial charge in [-0.2, -0.15) is 0 Å². The van der Waals surface area contributed by atoms with Gasteiger partial charge < -0.3 is 4.74 Å². The van der Waals surface area contributed by atoms with Crippen molar-refractivity contribution < 1.29 is 9.53 Å². The van der Waals surface area contributed by atoms with Crippen LogP contribution in [0.2, 0.25) is 0 Å². The fourth-order valence-corrected chi connectivity index (χ4v) is 3.91. The summed E-state index contributed by atoms with van der Waals surface area (Å²) in [4.78, 5) is 18.1. The number of amides is 1. The smallest absolute Gasteiger partial charge is 0.257 e. The van der Waals surface area contributed by atoms with E-state index in [-0.39, 0.29) is 5.91 Å². The molecule has 0 spiro atoms. The second-order valence-electron chi connectivity index (χ2n) is 4.97. The molecule has 0 saturated heterocycles. The van der Waals surface area contributed by atoms with Crippen LogP contribution < -0.4 is 10.1 Å². The topological polar surface area (TPSA) is 51.2 Å². The lowest BCUT2D eigenvalue weighted by atomic mass is 10.2. The third-order valence-electron chi connectivity index (χ3n) is 3.31. The molecule has 0 unspecified atom stereocenters. The summed E-state index contributed by atoms with van der Waals surface area (Å²) in [5.41, 5.74) is 1.42. The van der Waals surface area contributed by atoms with Crippen LogP contribution in [-0.2, 0) is 0 Å². The number of hydrogen-bond donors (Lipinski definition) is 1. The van der Waals surface area contributed by atoms with Crippen molar-refractivity contribution in [2.24, 2.45) is 0 Å². The molecule has 24 heavy (non-hydrogen) atoms. The molecule has 0 saturated carbocycles. The molecule has 124 valence electrons. The number of rotatable bonds is 6. The van der Waals surface area contributed by atoms with Crippen molar-refractivity contribution in [2.75, 3.05) is 17.7 Å². The molecule has 3 aromatic rings. The highest BCUT2D eigenvalue weighted by Crippen LogP contribution is 2.32. The molecule has 6 heteroatoms. The first-order valence-corrected chi connectivity index (χ1v) is 9.58. The van der Waals surface area contributed by atoms with Crippen molar-refractivity contribution in [2.45, 2.75) is 18.7 Å². The summed E-state index contributed by atoms with van der Waals surface area (Å²) in [5, 5.41) is 3.47. The Morgan fingerprint density at radius 2 is 2.08 bits per heavy atom. The predicted molar refractivity (Wildman–Crippen MR) is 102 cm³/mol. The number of thioether (sulfide) groups is 1. The normalized spacial score (nSPS) is 10.8. The molecule has 0 bridgehead atoms. The SMILES string of the molecule is CCOc1cccc2sc(NC(=O)c3cccc(SCC)c3)nc12. The van der Waals surface area contributed by atoms with E-state index in [1.54, 1.807) is 11.8 Å². The highest BCUT2D eigenvalue weighted by atomic mass is 32.2. The van der Waals surface area contributed by atoms with Gasteiger partial charge in [0.2, 0.25) is 0 Å². The van der Waals surface area contributed by atoms with E-state index in [0.717, 1.165) is 26.6 Å². The minimum atomic E-state index is -0.148. The van der Waals surface area contributed by atoms with Gasteiger partial charge in [0.05, 0.1) is 11.3 Å². The van der Waals surface area contributed by atoms with Crippen molar-refractivity contribution in [1.29, 1.82) is 0 Å². The average molecular weight is 358 g/mol. The molecule has 1 amide bonds. The highest BCUT2D eigenvalue weighted by molar-refractivity contribution is 7.99. The monoisotopic (exact) mass is 358 g/mol. The van der Waals surface area contributed by atoms with E-state index in [1.165, 1.54) is 11.3 Å². The Labute approximate surface area is 149 Å². The van der Waals surface area contributed by atoms with E-state index in [4.69, 9.17) is 4.74 Å². The number of aromatic nitrogens is 1. The number of para-hydroxylation sites is 1. The van der Waals surface area contributed by atoms with Crippen molar-refractivity contribution in [3.63, 3.8) is 0 Å².